The van der Waals surface area contributed by atoms with E-state index in [9.17, 15) is 14.4 Å². The second-order valence-electron chi connectivity index (χ2n) is 11.4. The summed E-state index contributed by atoms with van der Waals surface area (Å²) in [6.45, 7) is 20.6. The average molecular weight is 466 g/mol. The van der Waals surface area contributed by atoms with Gasteiger partial charge < -0.3 is 15.1 Å². The van der Waals surface area contributed by atoms with Crippen LogP contribution in [0.3, 0.4) is 0 Å². The van der Waals surface area contributed by atoms with Crippen LogP contribution >= 0.6 is 0 Å². The van der Waals surface area contributed by atoms with E-state index in [0.29, 0.717) is 11.8 Å². The summed E-state index contributed by atoms with van der Waals surface area (Å²) < 4.78 is 0. The first-order chi connectivity index (χ1) is 15.4. The van der Waals surface area contributed by atoms with Crippen LogP contribution in [0.15, 0.2) is 0 Å². The fraction of sp³-hybridized carbons (Fsp3) is 0.889. The van der Waals surface area contributed by atoms with E-state index >= 15 is 0 Å². The number of piperidine rings is 2. The summed E-state index contributed by atoms with van der Waals surface area (Å²) in [6, 6.07) is 0. The Morgan fingerprint density at radius 1 is 0.667 bits per heavy atom. The van der Waals surface area contributed by atoms with Crippen LogP contribution in [0.2, 0.25) is 0 Å². The number of rotatable bonds is 7. The van der Waals surface area contributed by atoms with Crippen LogP contribution in [0.5, 0.6) is 0 Å². The number of carbonyl (C=O) groups is 3. The van der Waals surface area contributed by atoms with Crippen molar-refractivity contribution in [3.05, 3.63) is 0 Å². The smallest absolute Gasteiger partial charge is 0.225 e. The summed E-state index contributed by atoms with van der Waals surface area (Å²) >= 11 is 0. The molecule has 2 saturated heterocycles. The van der Waals surface area contributed by atoms with Gasteiger partial charge in [-0.3, -0.25) is 14.4 Å². The molecule has 33 heavy (non-hydrogen) atoms. The number of likely N-dealkylation sites (tertiary alicyclic amines) is 2. The molecule has 2 heterocycles. The maximum absolute atomic E-state index is 11.8. The van der Waals surface area contributed by atoms with Crippen LogP contribution in [0.25, 0.3) is 0 Å². The van der Waals surface area contributed by atoms with Crippen LogP contribution in [0, 0.1) is 35.5 Å². The van der Waals surface area contributed by atoms with Gasteiger partial charge in [-0.1, -0.05) is 55.4 Å². The molecule has 0 bridgehead atoms. The summed E-state index contributed by atoms with van der Waals surface area (Å²) in [5, 5.41) is 2.98. The molecule has 0 radical (unpaired) electrons. The molecule has 192 valence electrons. The van der Waals surface area contributed by atoms with E-state index in [2.05, 4.69) is 19.2 Å². The van der Waals surface area contributed by atoms with E-state index in [1.54, 1.807) is 0 Å². The molecule has 0 aliphatic carbocycles. The lowest BCUT2D eigenvalue weighted by molar-refractivity contribution is -0.136. The molecule has 3 amide bonds. The van der Waals surface area contributed by atoms with Gasteiger partial charge in [0, 0.05) is 50.5 Å². The van der Waals surface area contributed by atoms with Crippen molar-refractivity contribution >= 4 is 17.7 Å². The van der Waals surface area contributed by atoms with Gasteiger partial charge in [-0.25, -0.2) is 0 Å². The molecule has 1 N–H and O–H groups in total. The monoisotopic (exact) mass is 465 g/mol. The molecule has 2 fully saturated rings. The van der Waals surface area contributed by atoms with Gasteiger partial charge in [0.25, 0.3) is 0 Å². The highest BCUT2D eigenvalue weighted by Gasteiger charge is 2.25. The topological polar surface area (TPSA) is 69.7 Å². The van der Waals surface area contributed by atoms with Crippen molar-refractivity contribution in [3.63, 3.8) is 0 Å². The number of hydrogen-bond donors (Lipinski definition) is 1. The van der Waals surface area contributed by atoms with Gasteiger partial charge in [-0.15, -0.1) is 0 Å². The van der Waals surface area contributed by atoms with E-state index in [4.69, 9.17) is 0 Å². The summed E-state index contributed by atoms with van der Waals surface area (Å²) in [6.07, 6.45) is 5.73. The lowest BCUT2D eigenvalue weighted by atomic mass is 9.88. The predicted molar refractivity (Wildman–Crippen MR) is 136 cm³/mol. The minimum absolute atomic E-state index is 0.0487. The quantitative estimate of drug-likeness (QED) is 0.598. The van der Waals surface area contributed by atoms with E-state index in [-0.39, 0.29) is 29.6 Å². The standard InChI is InChI=1S/C14H26N2O2.C13H25NO/c1-10(2)13(17)15-9-12-5-7-16(8-6-12)14(18)11(3)4;1-10(2)9-12-5-7-14(8-6-12)13(15)11(3)4/h10-12H,5-9H2,1-4H3,(H,15,17);10-12H,5-9H2,1-4H3. The average Bonchev–Trinajstić information content (AvgIpc) is 2.77. The Morgan fingerprint density at radius 3 is 1.39 bits per heavy atom. The SMILES string of the molecule is CC(C)C(=O)NCC1CCN(C(=O)C(C)C)CC1.CC(C)CC1CCN(C(=O)C(C)C)CC1. The highest BCUT2D eigenvalue weighted by atomic mass is 16.2. The Hall–Kier alpha value is -1.59. The Kier molecular flexibility index (Phi) is 13.0. The van der Waals surface area contributed by atoms with Crippen molar-refractivity contribution in [2.45, 2.75) is 87.5 Å². The third-order valence-electron chi connectivity index (χ3n) is 6.73. The van der Waals surface area contributed by atoms with Crippen molar-refractivity contribution in [3.8, 4) is 0 Å². The molecule has 2 rings (SSSR count). The maximum Gasteiger partial charge on any atom is 0.225 e. The van der Waals surface area contributed by atoms with Crippen molar-refractivity contribution in [2.75, 3.05) is 32.7 Å². The number of nitrogens with one attached hydrogen (secondary N) is 1. The molecule has 6 nitrogen and oxygen atoms in total. The highest BCUT2D eigenvalue weighted by molar-refractivity contribution is 5.79. The van der Waals surface area contributed by atoms with Gasteiger partial charge >= 0.3 is 0 Å². The van der Waals surface area contributed by atoms with Crippen LogP contribution in [-0.2, 0) is 14.4 Å². The third-order valence-corrected chi connectivity index (χ3v) is 6.73. The zero-order chi connectivity index (χ0) is 25.1. The molecule has 2 aliphatic rings. The summed E-state index contributed by atoms with van der Waals surface area (Å²) in [4.78, 5) is 39.0. The third kappa shape index (κ3) is 10.9. The second kappa shape index (κ2) is 14.6. The molecule has 0 spiro atoms. The summed E-state index contributed by atoms with van der Waals surface area (Å²) in [7, 11) is 0. The zero-order valence-electron chi connectivity index (χ0n) is 22.7. The minimum atomic E-state index is 0.0487. The van der Waals surface area contributed by atoms with E-state index in [0.717, 1.165) is 57.4 Å². The minimum Gasteiger partial charge on any atom is -0.356 e. The molecule has 0 aromatic rings. The zero-order valence-corrected chi connectivity index (χ0v) is 22.7. The van der Waals surface area contributed by atoms with Crippen molar-refractivity contribution in [1.29, 1.82) is 0 Å². The second-order valence-corrected chi connectivity index (χ2v) is 11.4. The van der Waals surface area contributed by atoms with Gasteiger partial charge in [0.2, 0.25) is 17.7 Å². The molecule has 0 atom stereocenters. The summed E-state index contributed by atoms with van der Waals surface area (Å²) in [5.41, 5.74) is 0. The van der Waals surface area contributed by atoms with E-state index < -0.39 is 0 Å². The van der Waals surface area contributed by atoms with Crippen LogP contribution < -0.4 is 5.32 Å². The number of amides is 3. The fourth-order valence-corrected chi connectivity index (χ4v) is 4.59. The van der Waals surface area contributed by atoms with Gasteiger partial charge in [-0.2, -0.15) is 0 Å². The Balaban J connectivity index is 0.000000335. The van der Waals surface area contributed by atoms with Crippen molar-refractivity contribution in [2.24, 2.45) is 35.5 Å². The largest absolute Gasteiger partial charge is 0.356 e. The molecule has 0 aromatic carbocycles. The maximum atomic E-state index is 11.8. The lowest BCUT2D eigenvalue weighted by Crippen LogP contribution is -2.43. The molecule has 0 aromatic heterocycles. The van der Waals surface area contributed by atoms with Crippen molar-refractivity contribution < 1.29 is 14.4 Å². The highest BCUT2D eigenvalue weighted by Crippen LogP contribution is 2.24. The molecular weight excluding hydrogens is 414 g/mol. The summed E-state index contributed by atoms with van der Waals surface area (Å²) in [5.74, 6) is 3.15. The number of carbonyl (C=O) groups excluding carboxylic acids is 3. The molecular formula is C27H51N3O3. The number of hydrogen-bond acceptors (Lipinski definition) is 3. The number of nitrogens with zero attached hydrogens (tertiary/aromatic N) is 2. The first-order valence-corrected chi connectivity index (χ1v) is 13.3. The van der Waals surface area contributed by atoms with Gasteiger partial charge in [0.05, 0.1) is 0 Å². The molecule has 0 saturated carbocycles. The Labute approximate surface area is 203 Å². The first kappa shape index (κ1) is 29.4. The normalized spacial score (nSPS) is 18.1. The van der Waals surface area contributed by atoms with E-state index in [1.807, 2.05) is 51.3 Å². The van der Waals surface area contributed by atoms with Gasteiger partial charge in [-0.05, 0) is 49.9 Å². The van der Waals surface area contributed by atoms with Crippen LogP contribution in [0.4, 0.5) is 0 Å². The molecule has 0 unspecified atom stereocenters. The fourth-order valence-electron chi connectivity index (χ4n) is 4.59. The Bertz CT molecular complexity index is 600. The van der Waals surface area contributed by atoms with E-state index in [1.165, 1.54) is 19.3 Å². The van der Waals surface area contributed by atoms with Gasteiger partial charge in [0.15, 0.2) is 0 Å². The van der Waals surface area contributed by atoms with Crippen molar-refractivity contribution in [1.82, 2.24) is 15.1 Å². The lowest BCUT2D eigenvalue weighted by Gasteiger charge is -2.33. The predicted octanol–water partition coefficient (Wildman–Crippen LogP) is 4.58. The molecule has 6 heteroatoms. The van der Waals surface area contributed by atoms with Gasteiger partial charge in [0.1, 0.15) is 0 Å². The first-order valence-electron chi connectivity index (χ1n) is 13.3. The van der Waals surface area contributed by atoms with Crippen LogP contribution in [0.1, 0.15) is 87.5 Å². The van der Waals surface area contributed by atoms with Crippen LogP contribution in [-0.4, -0.2) is 60.2 Å². The molecule has 2 aliphatic heterocycles. The Morgan fingerprint density at radius 2 is 1.06 bits per heavy atom.